The molecule has 0 aliphatic heterocycles. The lowest BCUT2D eigenvalue weighted by atomic mass is 9.49. The summed E-state index contributed by atoms with van der Waals surface area (Å²) in [6.45, 7) is 7.93. The van der Waals surface area contributed by atoms with Crippen LogP contribution in [0.1, 0.15) is 58.9 Å². The monoisotopic (exact) mass is 482 g/mol. The van der Waals surface area contributed by atoms with E-state index in [1.807, 2.05) is 0 Å². The maximum absolute atomic E-state index is 12.1. The van der Waals surface area contributed by atoms with Crippen LogP contribution in [-0.2, 0) is 20.7 Å². The highest BCUT2D eigenvalue weighted by molar-refractivity contribution is 14.1. The minimum Gasteiger partial charge on any atom is -0.462 e. The van der Waals surface area contributed by atoms with Crippen molar-refractivity contribution in [3.8, 4) is 0 Å². The summed E-state index contributed by atoms with van der Waals surface area (Å²) in [5, 5.41) is 0. The van der Waals surface area contributed by atoms with E-state index in [-0.39, 0.29) is 23.4 Å². The Morgan fingerprint density at radius 1 is 1.19 bits per heavy atom. The normalized spacial score (nSPS) is 36.0. The number of halogens is 1. The number of hydrogen-bond donors (Lipinski definition) is 0. The third kappa shape index (κ3) is 4.41. The maximum Gasteiger partial charge on any atom is 0.302 e. The Morgan fingerprint density at radius 3 is 2.44 bits per heavy atom. The molecule has 3 nitrogen and oxygen atoms in total. The zero-order chi connectivity index (χ0) is 19.8. The summed E-state index contributed by atoms with van der Waals surface area (Å²) in [6, 6.07) is 8.69. The quantitative estimate of drug-likeness (QED) is 0.425. The van der Waals surface area contributed by atoms with Gasteiger partial charge in [-0.15, -0.1) is 0 Å². The van der Waals surface area contributed by atoms with Gasteiger partial charge in [0.25, 0.3) is 0 Å². The van der Waals surface area contributed by atoms with Gasteiger partial charge in [-0.3, -0.25) is 9.59 Å². The molecule has 3 rings (SSSR count). The molecule has 6 atom stereocenters. The first kappa shape index (κ1) is 20.8. The van der Waals surface area contributed by atoms with Crippen LogP contribution >= 0.6 is 22.6 Å². The molecule has 0 spiro atoms. The molecular formula is C23H31IO3. The van der Waals surface area contributed by atoms with Gasteiger partial charge >= 0.3 is 5.97 Å². The number of fused-ring (bicyclic) bond motifs is 1. The van der Waals surface area contributed by atoms with Crippen LogP contribution in [-0.4, -0.2) is 17.9 Å². The summed E-state index contributed by atoms with van der Waals surface area (Å²) in [6.07, 6.45) is 4.81. The number of benzene rings is 1. The molecule has 2 saturated carbocycles. The second-order valence-electron chi connectivity index (χ2n) is 8.98. The van der Waals surface area contributed by atoms with Gasteiger partial charge in [0.05, 0.1) is 0 Å². The van der Waals surface area contributed by atoms with Crippen LogP contribution in [0.15, 0.2) is 24.3 Å². The van der Waals surface area contributed by atoms with E-state index in [1.165, 1.54) is 16.1 Å². The minimum atomic E-state index is -0.180. The zero-order valence-corrected chi connectivity index (χ0v) is 19.0. The number of Topliss-reactive ketones (excluding diaryl/α,β-unsaturated/α-hetero) is 1. The predicted molar refractivity (Wildman–Crippen MR) is 115 cm³/mol. The van der Waals surface area contributed by atoms with Crippen LogP contribution in [0.5, 0.6) is 0 Å². The second kappa shape index (κ2) is 8.22. The third-order valence-electron chi connectivity index (χ3n) is 7.34. The molecule has 0 N–H and O–H groups in total. The van der Waals surface area contributed by atoms with E-state index in [0.29, 0.717) is 23.5 Å². The third-order valence-corrected chi connectivity index (χ3v) is 8.06. The van der Waals surface area contributed by atoms with Gasteiger partial charge in [-0.25, -0.2) is 0 Å². The standard InChI is InChI=1S/C23H31IO3/c1-14-11-22(27-16(3)26)20(12-17-5-8-19(24)9-6-17)21-10-7-18(15(2)25)13-23(14,21)4/h5-6,8-9,14,18,20-22H,7,10-13H2,1-4H3/t14-,18-,20+,21+,22-,23+/m1/s1. The van der Waals surface area contributed by atoms with Crippen LogP contribution in [0.2, 0.25) is 0 Å². The van der Waals surface area contributed by atoms with Gasteiger partial charge in [0.2, 0.25) is 0 Å². The average molecular weight is 482 g/mol. The minimum absolute atomic E-state index is 0.0243. The maximum atomic E-state index is 12.1. The molecule has 1 aromatic rings. The molecule has 2 aliphatic rings. The van der Waals surface area contributed by atoms with Gasteiger partial charge in [-0.2, -0.15) is 0 Å². The van der Waals surface area contributed by atoms with E-state index < -0.39 is 0 Å². The fraction of sp³-hybridized carbons (Fsp3) is 0.652. The highest BCUT2D eigenvalue weighted by Crippen LogP contribution is 2.58. The molecule has 0 aromatic heterocycles. The first-order chi connectivity index (χ1) is 12.7. The van der Waals surface area contributed by atoms with Crippen LogP contribution < -0.4 is 0 Å². The number of rotatable bonds is 4. The van der Waals surface area contributed by atoms with Crippen molar-refractivity contribution in [3.05, 3.63) is 33.4 Å². The van der Waals surface area contributed by atoms with Gasteiger partial charge in [0.15, 0.2) is 0 Å². The molecule has 2 fully saturated rings. The van der Waals surface area contributed by atoms with Crippen molar-refractivity contribution in [2.75, 3.05) is 0 Å². The van der Waals surface area contributed by atoms with E-state index >= 15 is 0 Å². The van der Waals surface area contributed by atoms with Crippen molar-refractivity contribution in [3.63, 3.8) is 0 Å². The average Bonchev–Trinajstić information content (AvgIpc) is 2.59. The van der Waals surface area contributed by atoms with Crippen LogP contribution in [0.4, 0.5) is 0 Å². The van der Waals surface area contributed by atoms with Crippen molar-refractivity contribution in [1.29, 1.82) is 0 Å². The van der Waals surface area contributed by atoms with Gasteiger partial charge in [0.1, 0.15) is 11.9 Å². The van der Waals surface area contributed by atoms with E-state index in [0.717, 1.165) is 32.1 Å². The van der Waals surface area contributed by atoms with Gasteiger partial charge in [-0.05, 0) is 96.6 Å². The number of carbonyl (C=O) groups excluding carboxylic acids is 2. The Bertz CT molecular complexity index is 698. The summed E-state index contributed by atoms with van der Waals surface area (Å²) in [7, 11) is 0. The fourth-order valence-corrected chi connectivity index (χ4v) is 6.04. The summed E-state index contributed by atoms with van der Waals surface area (Å²) in [4.78, 5) is 23.8. The Morgan fingerprint density at radius 2 is 1.85 bits per heavy atom. The highest BCUT2D eigenvalue weighted by atomic mass is 127. The van der Waals surface area contributed by atoms with Crippen molar-refractivity contribution >= 4 is 34.3 Å². The van der Waals surface area contributed by atoms with Crippen molar-refractivity contribution in [1.82, 2.24) is 0 Å². The predicted octanol–water partition coefficient (Wildman–Crippen LogP) is 5.43. The number of esters is 1. The lowest BCUT2D eigenvalue weighted by Crippen LogP contribution is -2.53. The van der Waals surface area contributed by atoms with Gasteiger partial charge in [-0.1, -0.05) is 26.0 Å². The number of hydrogen-bond acceptors (Lipinski definition) is 3. The topological polar surface area (TPSA) is 43.4 Å². The Hall–Kier alpha value is -0.910. The van der Waals surface area contributed by atoms with Crippen molar-refractivity contribution < 1.29 is 14.3 Å². The molecule has 0 heterocycles. The Balaban J connectivity index is 1.90. The molecule has 4 heteroatoms. The summed E-state index contributed by atoms with van der Waals surface area (Å²) in [5.74, 6) is 1.60. The fourth-order valence-electron chi connectivity index (χ4n) is 5.68. The van der Waals surface area contributed by atoms with Crippen LogP contribution in [0.3, 0.4) is 0 Å². The molecular weight excluding hydrogens is 451 g/mol. The molecule has 0 saturated heterocycles. The summed E-state index contributed by atoms with van der Waals surface area (Å²) in [5.41, 5.74) is 1.45. The SMILES string of the molecule is CC(=O)O[C@@H]1C[C@@H](C)[C@]2(C)C[C@H](C(C)=O)CC[C@H]2[C@@H]1Cc1ccc(I)cc1. The van der Waals surface area contributed by atoms with Crippen LogP contribution in [0, 0.1) is 32.7 Å². The lowest BCUT2D eigenvalue weighted by molar-refractivity contribution is -0.166. The molecule has 1 aromatic carbocycles. The van der Waals surface area contributed by atoms with Gasteiger partial charge in [0, 0.05) is 22.3 Å². The largest absolute Gasteiger partial charge is 0.462 e. The van der Waals surface area contributed by atoms with Crippen molar-refractivity contribution in [2.45, 2.75) is 65.9 Å². The second-order valence-corrected chi connectivity index (χ2v) is 10.2. The molecule has 0 amide bonds. The van der Waals surface area contributed by atoms with Crippen LogP contribution in [0.25, 0.3) is 0 Å². The molecule has 0 unspecified atom stereocenters. The van der Waals surface area contributed by atoms with Gasteiger partial charge < -0.3 is 4.74 Å². The Kier molecular flexibility index (Phi) is 6.34. The molecule has 0 radical (unpaired) electrons. The molecule has 148 valence electrons. The van der Waals surface area contributed by atoms with E-state index in [9.17, 15) is 9.59 Å². The van der Waals surface area contributed by atoms with E-state index in [2.05, 4.69) is 60.7 Å². The van der Waals surface area contributed by atoms with E-state index in [4.69, 9.17) is 4.74 Å². The summed E-state index contributed by atoms with van der Waals surface area (Å²) < 4.78 is 7.06. The molecule has 0 bridgehead atoms. The first-order valence-electron chi connectivity index (χ1n) is 10.1. The molecule has 27 heavy (non-hydrogen) atoms. The highest BCUT2D eigenvalue weighted by Gasteiger charge is 2.54. The number of carbonyl (C=O) groups is 2. The zero-order valence-electron chi connectivity index (χ0n) is 16.8. The smallest absolute Gasteiger partial charge is 0.302 e. The number of ether oxygens (including phenoxy) is 1. The lowest BCUT2D eigenvalue weighted by Gasteiger charge is -2.56. The summed E-state index contributed by atoms with van der Waals surface area (Å²) >= 11 is 2.33. The Labute approximate surface area is 176 Å². The van der Waals surface area contributed by atoms with E-state index in [1.54, 1.807) is 6.92 Å². The van der Waals surface area contributed by atoms with Crippen molar-refractivity contribution in [2.24, 2.45) is 29.1 Å². The molecule has 2 aliphatic carbocycles. The number of ketones is 1. The first-order valence-corrected chi connectivity index (χ1v) is 11.2.